The molecule has 0 saturated carbocycles. The molecule has 3 aromatic carbocycles. The number of carbonyl (C=O) groups excluding carboxylic acids is 1. The van der Waals surface area contributed by atoms with Crippen LogP contribution in [0.3, 0.4) is 0 Å². The lowest BCUT2D eigenvalue weighted by atomic mass is 9.98. The summed E-state index contributed by atoms with van der Waals surface area (Å²) in [5.74, 6) is 0.111. The van der Waals surface area contributed by atoms with Crippen LogP contribution in [0.5, 0.6) is 11.8 Å². The summed E-state index contributed by atoms with van der Waals surface area (Å²) in [7, 11) is 0. The zero-order valence-corrected chi connectivity index (χ0v) is 16.5. The average Bonchev–Trinajstić information content (AvgIpc) is 2.80. The van der Waals surface area contributed by atoms with Crippen molar-refractivity contribution in [3.63, 3.8) is 0 Å². The third-order valence-electron chi connectivity index (χ3n) is 4.56. The molecule has 0 fully saturated rings. The summed E-state index contributed by atoms with van der Waals surface area (Å²) in [4.78, 5) is 20.8. The lowest BCUT2D eigenvalue weighted by Crippen LogP contribution is -2.13. The number of halogens is 3. The van der Waals surface area contributed by atoms with Crippen LogP contribution < -0.4 is 10.1 Å². The second-order valence-corrected chi connectivity index (χ2v) is 6.73. The van der Waals surface area contributed by atoms with Gasteiger partial charge in [0.15, 0.2) is 0 Å². The second kappa shape index (κ2) is 8.89. The van der Waals surface area contributed by atoms with E-state index >= 15 is 0 Å². The third kappa shape index (κ3) is 4.92. The molecular formula is C24H16F3N3O2. The van der Waals surface area contributed by atoms with Gasteiger partial charge in [-0.2, -0.15) is 13.2 Å². The maximum Gasteiger partial charge on any atom is 0.416 e. The number of hydrogen-bond donors (Lipinski definition) is 1. The number of hydrogen-bond acceptors (Lipinski definition) is 4. The van der Waals surface area contributed by atoms with Crippen molar-refractivity contribution in [1.82, 2.24) is 9.97 Å². The number of benzene rings is 3. The Kier molecular flexibility index (Phi) is 5.85. The highest BCUT2D eigenvalue weighted by atomic mass is 19.4. The molecule has 0 aliphatic carbocycles. The Morgan fingerprint density at radius 3 is 2.12 bits per heavy atom. The lowest BCUT2D eigenvalue weighted by molar-refractivity contribution is -0.137. The summed E-state index contributed by atoms with van der Waals surface area (Å²) in [6.45, 7) is 0. The van der Waals surface area contributed by atoms with Gasteiger partial charge in [0, 0.05) is 23.6 Å². The van der Waals surface area contributed by atoms with E-state index in [0.717, 1.165) is 12.1 Å². The van der Waals surface area contributed by atoms with E-state index in [4.69, 9.17) is 4.74 Å². The van der Waals surface area contributed by atoms with E-state index in [2.05, 4.69) is 15.3 Å². The van der Waals surface area contributed by atoms with Crippen molar-refractivity contribution >= 4 is 11.6 Å². The molecule has 0 radical (unpaired) electrons. The zero-order valence-electron chi connectivity index (χ0n) is 16.5. The SMILES string of the molecule is O=C(Nc1ccc(Oc2ncccn2)cc1)c1ccccc1-c1ccc(C(F)(F)F)cc1. The van der Waals surface area contributed by atoms with Gasteiger partial charge in [-0.05, 0) is 59.7 Å². The summed E-state index contributed by atoms with van der Waals surface area (Å²) < 4.78 is 44.0. The number of nitrogens with one attached hydrogen (secondary N) is 1. The van der Waals surface area contributed by atoms with Gasteiger partial charge >= 0.3 is 12.2 Å². The molecule has 0 aliphatic heterocycles. The second-order valence-electron chi connectivity index (χ2n) is 6.73. The topological polar surface area (TPSA) is 64.1 Å². The lowest BCUT2D eigenvalue weighted by Gasteiger charge is -2.12. The molecule has 1 aromatic heterocycles. The van der Waals surface area contributed by atoms with Crippen LogP contribution in [0.1, 0.15) is 15.9 Å². The van der Waals surface area contributed by atoms with Gasteiger partial charge in [-0.1, -0.05) is 30.3 Å². The van der Waals surface area contributed by atoms with Gasteiger partial charge in [-0.25, -0.2) is 9.97 Å². The Morgan fingerprint density at radius 1 is 0.812 bits per heavy atom. The van der Waals surface area contributed by atoms with E-state index in [9.17, 15) is 18.0 Å². The minimum absolute atomic E-state index is 0.203. The standard InChI is InChI=1S/C24H16F3N3O2/c25-24(26,27)17-8-6-16(7-9-17)20-4-1-2-5-21(20)22(31)30-18-10-12-19(13-11-18)32-23-28-14-3-15-29-23/h1-15H,(H,30,31). The van der Waals surface area contributed by atoms with Crippen LogP contribution >= 0.6 is 0 Å². The van der Waals surface area contributed by atoms with Crippen molar-refractivity contribution in [2.24, 2.45) is 0 Å². The van der Waals surface area contributed by atoms with Crippen molar-refractivity contribution in [2.75, 3.05) is 5.32 Å². The molecule has 32 heavy (non-hydrogen) atoms. The van der Waals surface area contributed by atoms with Crippen molar-refractivity contribution in [1.29, 1.82) is 0 Å². The summed E-state index contributed by atoms with van der Waals surface area (Å²) in [5.41, 5.74) is 1.16. The first-order valence-electron chi connectivity index (χ1n) is 9.53. The van der Waals surface area contributed by atoms with Gasteiger partial charge < -0.3 is 10.1 Å². The van der Waals surface area contributed by atoms with Crippen LogP contribution in [0.25, 0.3) is 11.1 Å². The number of nitrogens with zero attached hydrogens (tertiary/aromatic N) is 2. The van der Waals surface area contributed by atoms with Gasteiger partial charge in [0.25, 0.3) is 5.91 Å². The Balaban J connectivity index is 1.51. The molecule has 1 N–H and O–H groups in total. The van der Waals surface area contributed by atoms with E-state index < -0.39 is 11.7 Å². The summed E-state index contributed by atoms with van der Waals surface area (Å²) in [6.07, 6.45) is -1.30. The maximum atomic E-state index is 12.9. The van der Waals surface area contributed by atoms with Crippen LogP contribution in [0, 0.1) is 0 Å². The van der Waals surface area contributed by atoms with Crippen molar-refractivity contribution in [3.05, 3.63) is 102 Å². The largest absolute Gasteiger partial charge is 0.424 e. The number of anilines is 1. The first kappa shape index (κ1) is 21.0. The maximum absolute atomic E-state index is 12.9. The number of alkyl halides is 3. The van der Waals surface area contributed by atoms with E-state index in [1.54, 1.807) is 67.0 Å². The number of amides is 1. The fourth-order valence-electron chi connectivity index (χ4n) is 3.02. The van der Waals surface area contributed by atoms with Gasteiger partial charge in [0.2, 0.25) is 0 Å². The highest BCUT2D eigenvalue weighted by Crippen LogP contribution is 2.32. The molecule has 5 nitrogen and oxygen atoms in total. The fraction of sp³-hybridized carbons (Fsp3) is 0.0417. The third-order valence-corrected chi connectivity index (χ3v) is 4.56. The molecule has 0 spiro atoms. The van der Waals surface area contributed by atoms with E-state index in [1.165, 1.54) is 12.1 Å². The molecule has 0 unspecified atom stereocenters. The molecule has 160 valence electrons. The Hall–Kier alpha value is -4.20. The zero-order chi connectivity index (χ0) is 22.6. The first-order valence-corrected chi connectivity index (χ1v) is 9.53. The van der Waals surface area contributed by atoms with Crippen LogP contribution in [-0.4, -0.2) is 15.9 Å². The van der Waals surface area contributed by atoms with Crippen LogP contribution in [0.4, 0.5) is 18.9 Å². The molecule has 4 rings (SSSR count). The monoisotopic (exact) mass is 435 g/mol. The van der Waals surface area contributed by atoms with Gasteiger partial charge in [-0.15, -0.1) is 0 Å². The molecule has 0 aliphatic rings. The van der Waals surface area contributed by atoms with Crippen molar-refractivity contribution in [3.8, 4) is 22.9 Å². The molecular weight excluding hydrogens is 419 g/mol. The van der Waals surface area contributed by atoms with Crippen LogP contribution in [0.15, 0.2) is 91.3 Å². The number of rotatable bonds is 5. The number of carbonyl (C=O) groups is 1. The van der Waals surface area contributed by atoms with Crippen molar-refractivity contribution in [2.45, 2.75) is 6.18 Å². The molecule has 1 amide bonds. The smallest absolute Gasteiger partial charge is 0.416 e. The predicted molar refractivity (Wildman–Crippen MR) is 113 cm³/mol. The van der Waals surface area contributed by atoms with E-state index in [-0.39, 0.29) is 11.9 Å². The summed E-state index contributed by atoms with van der Waals surface area (Å²) >= 11 is 0. The molecule has 8 heteroatoms. The highest BCUT2D eigenvalue weighted by Gasteiger charge is 2.30. The molecule has 0 saturated heterocycles. The number of ether oxygens (including phenoxy) is 1. The van der Waals surface area contributed by atoms with Crippen LogP contribution in [-0.2, 0) is 6.18 Å². The Labute approximate surface area is 181 Å². The molecule has 0 bridgehead atoms. The van der Waals surface area contributed by atoms with Crippen LogP contribution in [0.2, 0.25) is 0 Å². The Bertz CT molecular complexity index is 1210. The van der Waals surface area contributed by atoms with Gasteiger partial charge in [0.1, 0.15) is 5.75 Å². The van der Waals surface area contributed by atoms with E-state index in [0.29, 0.717) is 28.1 Å². The Morgan fingerprint density at radius 2 is 1.47 bits per heavy atom. The fourth-order valence-corrected chi connectivity index (χ4v) is 3.02. The predicted octanol–water partition coefficient (Wildman–Crippen LogP) is 6.21. The minimum atomic E-state index is -4.42. The molecule has 1 heterocycles. The van der Waals surface area contributed by atoms with Gasteiger partial charge in [-0.3, -0.25) is 4.79 Å². The average molecular weight is 435 g/mol. The normalized spacial score (nSPS) is 11.1. The highest BCUT2D eigenvalue weighted by molar-refractivity contribution is 6.08. The first-order chi connectivity index (χ1) is 15.4. The quantitative estimate of drug-likeness (QED) is 0.405. The molecule has 4 aromatic rings. The number of aromatic nitrogens is 2. The van der Waals surface area contributed by atoms with E-state index in [1.807, 2.05) is 0 Å². The van der Waals surface area contributed by atoms with Crippen molar-refractivity contribution < 1.29 is 22.7 Å². The summed E-state index contributed by atoms with van der Waals surface area (Å²) in [6, 6.07) is 20.0. The minimum Gasteiger partial charge on any atom is -0.424 e. The molecule has 0 atom stereocenters. The van der Waals surface area contributed by atoms with Gasteiger partial charge in [0.05, 0.1) is 5.56 Å². The summed E-state index contributed by atoms with van der Waals surface area (Å²) in [5, 5.41) is 2.79.